The smallest absolute Gasteiger partial charge is 0.270 e. The number of aromatic amines is 1. The van der Waals surface area contributed by atoms with Crippen LogP contribution in [0.25, 0.3) is 0 Å². The van der Waals surface area contributed by atoms with Crippen LogP contribution in [0, 0.1) is 24.0 Å². The Balaban J connectivity index is 2.21. The van der Waals surface area contributed by atoms with Crippen LogP contribution in [0.5, 0.6) is 5.75 Å². The lowest BCUT2D eigenvalue weighted by atomic mass is 10.1. The number of ether oxygens (including phenoxy) is 1. The van der Waals surface area contributed by atoms with E-state index < -0.39 is 10.7 Å². The maximum absolute atomic E-state index is 12.3. The predicted octanol–water partition coefficient (Wildman–Crippen LogP) is 2.82. The molecule has 0 spiro atoms. The summed E-state index contributed by atoms with van der Waals surface area (Å²) in [6.45, 7) is 4.40. The van der Waals surface area contributed by atoms with Crippen molar-refractivity contribution >= 4 is 23.5 Å². The Morgan fingerprint density at radius 1 is 1.32 bits per heavy atom. The lowest BCUT2D eigenvalue weighted by Crippen LogP contribution is -2.14. The molecule has 2 rings (SSSR count). The molecule has 1 aromatic heterocycles. The number of nitro benzene ring substituents is 1. The summed E-state index contributed by atoms with van der Waals surface area (Å²) in [7, 11) is 0. The highest BCUT2D eigenvalue weighted by atomic mass is 16.6. The molecule has 0 bridgehead atoms. The number of aryl methyl sites for hydroxylation is 1. The highest BCUT2D eigenvalue weighted by Crippen LogP contribution is 2.24. The van der Waals surface area contributed by atoms with Crippen molar-refractivity contribution in [1.29, 1.82) is 0 Å². The summed E-state index contributed by atoms with van der Waals surface area (Å²) in [5.74, 6) is -0.477. The van der Waals surface area contributed by atoms with Crippen molar-refractivity contribution in [2.75, 3.05) is 6.61 Å². The molecule has 0 fully saturated rings. The largest absolute Gasteiger partial charge is 0.485 e. The van der Waals surface area contributed by atoms with E-state index in [0.29, 0.717) is 23.1 Å². The fraction of sp³-hybridized carbons (Fsp3) is 0.235. The van der Waals surface area contributed by atoms with Gasteiger partial charge in [-0.25, -0.2) is 0 Å². The number of nitrogens with zero attached hydrogens (tertiary/aromatic N) is 1. The van der Waals surface area contributed by atoms with Crippen LogP contribution in [0.4, 0.5) is 5.69 Å². The third-order valence-corrected chi connectivity index (χ3v) is 3.76. The van der Waals surface area contributed by atoms with E-state index in [2.05, 4.69) is 4.98 Å². The second kappa shape index (κ2) is 7.08. The number of hydrogen-bond donors (Lipinski definition) is 1. The van der Waals surface area contributed by atoms with Crippen molar-refractivity contribution in [3.05, 3.63) is 56.4 Å². The standard InChI is InChI=1S/C17H16N2O6/c1-9-16(11(3)21)10(2)18-17(9)14(22)8-25-15-5-4-13(19(23)24)6-12(15)7-20/h4-7,18H,8H2,1-3H3. The van der Waals surface area contributed by atoms with Crippen LogP contribution in [-0.4, -0.2) is 34.4 Å². The van der Waals surface area contributed by atoms with E-state index in [4.69, 9.17) is 4.74 Å². The summed E-state index contributed by atoms with van der Waals surface area (Å²) in [6.07, 6.45) is 0.421. The number of carbonyl (C=O) groups excluding carboxylic acids is 3. The van der Waals surface area contributed by atoms with Gasteiger partial charge in [0.15, 0.2) is 18.7 Å². The van der Waals surface area contributed by atoms with Crippen LogP contribution in [0.3, 0.4) is 0 Å². The number of H-pyrrole nitrogens is 1. The van der Waals surface area contributed by atoms with Crippen LogP contribution in [-0.2, 0) is 0 Å². The lowest BCUT2D eigenvalue weighted by Gasteiger charge is -2.07. The first-order chi connectivity index (χ1) is 11.8. The van der Waals surface area contributed by atoms with Gasteiger partial charge in [0, 0.05) is 23.4 Å². The molecule has 130 valence electrons. The van der Waals surface area contributed by atoms with E-state index >= 15 is 0 Å². The predicted molar refractivity (Wildman–Crippen MR) is 88.6 cm³/mol. The van der Waals surface area contributed by atoms with Gasteiger partial charge in [-0.2, -0.15) is 0 Å². The summed E-state index contributed by atoms with van der Waals surface area (Å²) < 4.78 is 5.34. The van der Waals surface area contributed by atoms with Gasteiger partial charge in [-0.3, -0.25) is 24.5 Å². The minimum Gasteiger partial charge on any atom is -0.485 e. The number of carbonyl (C=O) groups is 3. The Hall–Kier alpha value is -3.29. The average Bonchev–Trinajstić information content (AvgIpc) is 2.86. The molecule has 0 saturated heterocycles. The molecule has 1 N–H and O–H groups in total. The highest BCUT2D eigenvalue weighted by Gasteiger charge is 2.20. The third-order valence-electron chi connectivity index (χ3n) is 3.76. The zero-order chi connectivity index (χ0) is 18.7. The van der Waals surface area contributed by atoms with E-state index in [1.165, 1.54) is 19.1 Å². The number of nitro groups is 1. The summed E-state index contributed by atoms with van der Waals surface area (Å²) in [5.41, 5.74) is 1.59. The number of aromatic nitrogens is 1. The molecule has 2 aromatic rings. The zero-order valence-electron chi connectivity index (χ0n) is 13.9. The SMILES string of the molecule is CC(=O)c1c(C)[nH]c(C(=O)COc2ccc([N+](=O)[O-])cc2C=O)c1C. The molecule has 1 heterocycles. The molecule has 0 aliphatic rings. The fourth-order valence-corrected chi connectivity index (χ4v) is 2.65. The minimum atomic E-state index is -0.629. The zero-order valence-corrected chi connectivity index (χ0v) is 13.9. The van der Waals surface area contributed by atoms with Crippen molar-refractivity contribution in [3.63, 3.8) is 0 Å². The number of nitrogens with one attached hydrogen (secondary N) is 1. The molecule has 0 radical (unpaired) electrons. The van der Waals surface area contributed by atoms with Crippen LogP contribution in [0.1, 0.15) is 49.4 Å². The fourth-order valence-electron chi connectivity index (χ4n) is 2.65. The average molecular weight is 344 g/mol. The van der Waals surface area contributed by atoms with E-state index in [9.17, 15) is 24.5 Å². The van der Waals surface area contributed by atoms with Gasteiger partial charge in [0.25, 0.3) is 5.69 Å². The molecule has 0 saturated carbocycles. The molecule has 25 heavy (non-hydrogen) atoms. The van der Waals surface area contributed by atoms with Crippen molar-refractivity contribution < 1.29 is 24.0 Å². The molecule has 1 aromatic carbocycles. The van der Waals surface area contributed by atoms with Gasteiger partial charge < -0.3 is 9.72 Å². The topological polar surface area (TPSA) is 119 Å². The van der Waals surface area contributed by atoms with E-state index in [1.807, 2.05) is 0 Å². The van der Waals surface area contributed by atoms with Gasteiger partial charge in [-0.15, -0.1) is 0 Å². The Labute approximate surface area is 143 Å². The number of ketones is 2. The van der Waals surface area contributed by atoms with Gasteiger partial charge in [0.05, 0.1) is 16.2 Å². The second-order valence-electron chi connectivity index (χ2n) is 5.49. The minimum absolute atomic E-state index is 0.0224. The molecule has 0 aliphatic carbocycles. The number of benzene rings is 1. The first-order valence-electron chi connectivity index (χ1n) is 7.36. The molecular formula is C17H16N2O6. The van der Waals surface area contributed by atoms with Crippen LogP contribution in [0.15, 0.2) is 18.2 Å². The van der Waals surface area contributed by atoms with Crippen molar-refractivity contribution in [2.45, 2.75) is 20.8 Å². The molecule has 8 nitrogen and oxygen atoms in total. The van der Waals surface area contributed by atoms with Crippen LogP contribution >= 0.6 is 0 Å². The summed E-state index contributed by atoms with van der Waals surface area (Å²) in [4.78, 5) is 48.0. The van der Waals surface area contributed by atoms with Crippen molar-refractivity contribution in [1.82, 2.24) is 4.98 Å². The van der Waals surface area contributed by atoms with E-state index in [1.54, 1.807) is 13.8 Å². The van der Waals surface area contributed by atoms with Gasteiger partial charge in [-0.1, -0.05) is 0 Å². The second-order valence-corrected chi connectivity index (χ2v) is 5.49. The highest BCUT2D eigenvalue weighted by molar-refractivity contribution is 6.03. The molecular weight excluding hydrogens is 328 g/mol. The monoisotopic (exact) mass is 344 g/mol. The van der Waals surface area contributed by atoms with Crippen LogP contribution < -0.4 is 4.74 Å². The van der Waals surface area contributed by atoms with Gasteiger partial charge >= 0.3 is 0 Å². The summed E-state index contributed by atoms with van der Waals surface area (Å²) >= 11 is 0. The maximum atomic E-state index is 12.3. The van der Waals surface area contributed by atoms with Gasteiger partial charge in [-0.05, 0) is 32.4 Å². The molecule has 8 heteroatoms. The van der Waals surface area contributed by atoms with Crippen molar-refractivity contribution in [3.8, 4) is 5.75 Å². The molecule has 0 aliphatic heterocycles. The molecule has 0 unspecified atom stereocenters. The Kier molecular flexibility index (Phi) is 5.11. The number of Topliss-reactive ketones (excluding diaryl/α,β-unsaturated/α-hetero) is 2. The number of aldehydes is 1. The van der Waals surface area contributed by atoms with E-state index in [0.717, 1.165) is 6.07 Å². The summed E-state index contributed by atoms with van der Waals surface area (Å²) in [6, 6.07) is 3.53. The summed E-state index contributed by atoms with van der Waals surface area (Å²) in [5, 5.41) is 10.7. The quantitative estimate of drug-likeness (QED) is 0.357. The van der Waals surface area contributed by atoms with Crippen molar-refractivity contribution in [2.24, 2.45) is 0 Å². The first-order valence-corrected chi connectivity index (χ1v) is 7.36. The van der Waals surface area contributed by atoms with E-state index in [-0.39, 0.29) is 35.1 Å². The Morgan fingerprint density at radius 3 is 2.52 bits per heavy atom. The Bertz CT molecular complexity index is 882. The number of rotatable bonds is 7. The maximum Gasteiger partial charge on any atom is 0.270 e. The molecule has 0 amide bonds. The van der Waals surface area contributed by atoms with Gasteiger partial charge in [0.2, 0.25) is 5.78 Å². The molecule has 0 atom stereocenters. The van der Waals surface area contributed by atoms with Gasteiger partial charge in [0.1, 0.15) is 5.75 Å². The normalized spacial score (nSPS) is 10.4. The third kappa shape index (κ3) is 3.63. The Morgan fingerprint density at radius 2 is 2.00 bits per heavy atom. The number of non-ortho nitro benzene ring substituents is 1. The lowest BCUT2D eigenvalue weighted by molar-refractivity contribution is -0.384. The first kappa shape index (κ1) is 18.1. The van der Waals surface area contributed by atoms with Crippen LogP contribution in [0.2, 0.25) is 0 Å². The number of hydrogen-bond acceptors (Lipinski definition) is 6.